The molecular weight excluding hydrogens is 604 g/mol. The first-order chi connectivity index (χ1) is 23.8. The zero-order chi connectivity index (χ0) is 34.1. The third-order valence-electron chi connectivity index (χ3n) is 9.75. The van der Waals surface area contributed by atoms with E-state index >= 15 is 0 Å². The molecule has 4 heteroatoms. The number of fused-ring (bicyclic) bond motifs is 5. The van der Waals surface area contributed by atoms with Crippen LogP contribution in [-0.4, -0.2) is 25.2 Å². The molecule has 0 unspecified atom stereocenters. The molecule has 6 aromatic rings. The molecule has 0 saturated heterocycles. The van der Waals surface area contributed by atoms with Gasteiger partial charge in [-0.25, -0.2) is 9.59 Å². The van der Waals surface area contributed by atoms with Gasteiger partial charge in [0.2, 0.25) is 0 Å². The van der Waals surface area contributed by atoms with Gasteiger partial charge in [0, 0.05) is 16.6 Å². The molecule has 49 heavy (non-hydrogen) atoms. The zero-order valence-electron chi connectivity index (χ0n) is 27.9. The van der Waals surface area contributed by atoms with E-state index in [9.17, 15) is 9.59 Å². The molecule has 242 valence electrons. The van der Waals surface area contributed by atoms with E-state index in [1.165, 1.54) is 21.5 Å². The normalized spacial score (nSPS) is 12.7. The second-order valence-corrected chi connectivity index (χ2v) is 13.0. The number of hydrogen-bond acceptors (Lipinski definition) is 4. The van der Waals surface area contributed by atoms with Crippen LogP contribution in [0.15, 0.2) is 146 Å². The number of benzene rings is 6. The van der Waals surface area contributed by atoms with E-state index in [1.807, 2.05) is 0 Å². The minimum Gasteiger partial charge on any atom is -0.462 e. The topological polar surface area (TPSA) is 52.6 Å². The summed E-state index contributed by atoms with van der Waals surface area (Å²) >= 11 is 0. The van der Waals surface area contributed by atoms with Crippen LogP contribution in [0.4, 0.5) is 0 Å². The second kappa shape index (κ2) is 13.0. The number of esters is 2. The van der Waals surface area contributed by atoms with Gasteiger partial charge in [0.15, 0.2) is 0 Å². The Hall–Kier alpha value is -5.74. The Labute approximate surface area is 287 Å². The number of rotatable bonds is 10. The minimum atomic E-state index is -0.616. The van der Waals surface area contributed by atoms with Crippen molar-refractivity contribution in [3.05, 3.63) is 157 Å². The molecule has 0 aliphatic heterocycles. The lowest BCUT2D eigenvalue weighted by molar-refractivity contribution is -0.139. The second-order valence-electron chi connectivity index (χ2n) is 13.0. The molecule has 0 spiro atoms. The van der Waals surface area contributed by atoms with E-state index in [0.29, 0.717) is 24.0 Å². The molecule has 0 amide bonds. The quantitative estimate of drug-likeness (QED) is 0.110. The largest absolute Gasteiger partial charge is 0.462 e. The van der Waals surface area contributed by atoms with Gasteiger partial charge in [-0.2, -0.15) is 0 Å². The lowest BCUT2D eigenvalue weighted by Gasteiger charge is -2.32. The highest BCUT2D eigenvalue weighted by atomic mass is 16.5. The summed E-state index contributed by atoms with van der Waals surface area (Å²) in [5.74, 6) is -0.839. The van der Waals surface area contributed by atoms with Crippen molar-refractivity contribution in [1.82, 2.24) is 0 Å². The van der Waals surface area contributed by atoms with E-state index in [1.54, 1.807) is 13.8 Å². The molecule has 0 saturated carbocycles. The summed E-state index contributed by atoms with van der Waals surface area (Å²) in [5, 5.41) is 4.71. The molecule has 0 fully saturated rings. The lowest BCUT2D eigenvalue weighted by atomic mass is 9.72. The Morgan fingerprint density at radius 1 is 0.531 bits per heavy atom. The third-order valence-corrected chi connectivity index (χ3v) is 9.75. The van der Waals surface area contributed by atoms with Gasteiger partial charge < -0.3 is 9.47 Å². The van der Waals surface area contributed by atoms with Crippen LogP contribution in [0.3, 0.4) is 0 Å². The first-order valence-corrected chi connectivity index (χ1v) is 16.7. The minimum absolute atomic E-state index is 0.180. The summed E-state index contributed by atoms with van der Waals surface area (Å²) in [4.78, 5) is 25.2. The Bertz CT molecular complexity index is 2130. The van der Waals surface area contributed by atoms with Crippen LogP contribution in [0.1, 0.15) is 37.8 Å². The standard InChI is InChI=1S/C45H38O4/c1-29(2)43(46)48-25-23-45(24-26-49-44(47)30(3)4)39-17-9-15-37(35-21-19-31-11-5-7-13-33(31)27-35)41(39)42-38(16-10-18-40(42)45)36-22-20-32-12-6-8-14-34(32)28-36/h5-22,27-28H,1,3,23-26H2,2,4H3. The molecular formula is C45H38O4. The zero-order valence-corrected chi connectivity index (χ0v) is 27.9. The molecule has 0 N–H and O–H groups in total. The van der Waals surface area contributed by atoms with Gasteiger partial charge >= 0.3 is 11.9 Å². The van der Waals surface area contributed by atoms with Gasteiger partial charge in [0.25, 0.3) is 0 Å². The maximum atomic E-state index is 12.6. The SMILES string of the molecule is C=C(C)C(=O)OCCC1(CCOC(=O)C(=C)C)c2cccc(-c3ccc4ccccc4c3)c2-c2c(-c3ccc4ccccc4c3)cccc21. The fraction of sp³-hybridized carbons (Fsp3) is 0.156. The molecule has 0 radical (unpaired) electrons. The van der Waals surface area contributed by atoms with E-state index in [-0.39, 0.29) is 13.2 Å². The van der Waals surface area contributed by atoms with Gasteiger partial charge in [-0.15, -0.1) is 0 Å². The van der Waals surface area contributed by atoms with Crippen molar-refractivity contribution in [2.24, 2.45) is 0 Å². The number of carbonyl (C=O) groups excluding carboxylic acids is 2. The highest BCUT2D eigenvalue weighted by molar-refractivity contribution is 6.02. The predicted molar refractivity (Wildman–Crippen MR) is 199 cm³/mol. The van der Waals surface area contributed by atoms with Gasteiger partial charge in [0.05, 0.1) is 13.2 Å². The summed E-state index contributed by atoms with van der Waals surface area (Å²) in [6.45, 7) is 11.2. The predicted octanol–water partition coefficient (Wildman–Crippen LogP) is 10.6. The summed E-state index contributed by atoms with van der Waals surface area (Å²) in [6, 6.07) is 43.0. The summed E-state index contributed by atoms with van der Waals surface area (Å²) in [7, 11) is 0. The molecule has 0 aromatic heterocycles. The van der Waals surface area contributed by atoms with Crippen molar-refractivity contribution in [2.45, 2.75) is 32.1 Å². The van der Waals surface area contributed by atoms with E-state index in [4.69, 9.17) is 9.47 Å². The maximum absolute atomic E-state index is 12.6. The highest BCUT2D eigenvalue weighted by Crippen LogP contribution is 2.58. The third kappa shape index (κ3) is 5.84. The number of ether oxygens (including phenoxy) is 2. The lowest BCUT2D eigenvalue weighted by Crippen LogP contribution is -2.30. The van der Waals surface area contributed by atoms with E-state index in [2.05, 4.69) is 134 Å². The summed E-state index contributed by atoms with van der Waals surface area (Å²) in [5.41, 5.74) is 9.12. The van der Waals surface area contributed by atoms with E-state index in [0.717, 1.165) is 44.5 Å². The Kier molecular flexibility index (Phi) is 8.48. The van der Waals surface area contributed by atoms with Crippen molar-refractivity contribution in [3.8, 4) is 33.4 Å². The molecule has 6 aromatic carbocycles. The Morgan fingerprint density at radius 2 is 0.939 bits per heavy atom. The van der Waals surface area contributed by atoms with Crippen LogP contribution in [0.2, 0.25) is 0 Å². The number of carbonyl (C=O) groups is 2. The molecule has 7 rings (SSSR count). The first kappa shape index (κ1) is 31.8. The smallest absolute Gasteiger partial charge is 0.333 e. The van der Waals surface area contributed by atoms with Crippen LogP contribution < -0.4 is 0 Å². The van der Waals surface area contributed by atoms with E-state index < -0.39 is 17.4 Å². The van der Waals surface area contributed by atoms with Crippen LogP contribution in [0.5, 0.6) is 0 Å². The van der Waals surface area contributed by atoms with Gasteiger partial charge in [-0.05, 0) is 105 Å². The van der Waals surface area contributed by atoms with Gasteiger partial charge in [0.1, 0.15) is 0 Å². The molecule has 0 atom stereocenters. The maximum Gasteiger partial charge on any atom is 0.333 e. The van der Waals surface area contributed by atoms with Gasteiger partial charge in [-0.1, -0.05) is 122 Å². The first-order valence-electron chi connectivity index (χ1n) is 16.7. The van der Waals surface area contributed by atoms with Crippen LogP contribution in [0.25, 0.3) is 54.9 Å². The van der Waals surface area contributed by atoms with Crippen LogP contribution >= 0.6 is 0 Å². The van der Waals surface area contributed by atoms with Crippen molar-refractivity contribution >= 4 is 33.5 Å². The number of hydrogen-bond donors (Lipinski definition) is 0. The summed E-state index contributed by atoms with van der Waals surface area (Å²) in [6.07, 6.45) is 0.998. The molecule has 1 aliphatic rings. The molecule has 1 aliphatic carbocycles. The summed E-state index contributed by atoms with van der Waals surface area (Å²) < 4.78 is 11.5. The van der Waals surface area contributed by atoms with Crippen molar-refractivity contribution in [3.63, 3.8) is 0 Å². The Balaban J connectivity index is 1.47. The molecule has 4 nitrogen and oxygen atoms in total. The fourth-order valence-corrected chi connectivity index (χ4v) is 7.33. The van der Waals surface area contributed by atoms with Crippen molar-refractivity contribution in [2.75, 3.05) is 13.2 Å². The molecule has 0 bridgehead atoms. The van der Waals surface area contributed by atoms with Crippen LogP contribution in [-0.2, 0) is 24.5 Å². The van der Waals surface area contributed by atoms with Crippen LogP contribution in [0, 0.1) is 0 Å². The average Bonchev–Trinajstić information content (AvgIpc) is 3.40. The van der Waals surface area contributed by atoms with Crippen molar-refractivity contribution < 1.29 is 19.1 Å². The Morgan fingerprint density at radius 3 is 1.35 bits per heavy atom. The van der Waals surface area contributed by atoms with Crippen molar-refractivity contribution in [1.29, 1.82) is 0 Å². The fourth-order valence-electron chi connectivity index (χ4n) is 7.33. The van der Waals surface area contributed by atoms with Gasteiger partial charge in [-0.3, -0.25) is 0 Å². The highest BCUT2D eigenvalue weighted by Gasteiger charge is 2.45. The monoisotopic (exact) mass is 642 g/mol. The average molecular weight is 643 g/mol. The molecule has 0 heterocycles.